The number of aliphatic hydroxyl groups excluding tert-OH is 1. The molecule has 0 aromatic rings. The molecule has 0 aliphatic rings. The van der Waals surface area contributed by atoms with Crippen LogP contribution in [-0.2, 0) is 19.1 Å². The SMILES string of the molecule is CC/C=C\C/C=C\C/C=C\C/C=C\C/C=C\C/C=C\CCCCCCCCCCCCCCCCCCCCCCC(=O)OC(CO)COC(=O)CCCCCCCCCCCCCCCCC/C=C\CCCCCCCCCC. The standard InChI is InChI=1S/C75H134O5/c1-3-5-7-9-11-13-15-17-19-21-23-25-27-29-31-32-33-34-35-36-37-38-39-40-41-42-44-46-48-50-52-54-56-58-60-62-64-66-68-70-75(78)80-73(71-76)72-79-74(77)69-67-65-63-61-59-57-55-53-51-49-47-45-43-30-28-26-24-22-20-18-16-14-12-10-8-6-4-2/h5,7,11,13,17,19,22-25,29,31,33-34,73,76H,3-4,6,8-10,12,14-16,18,20-21,26-28,30,32,35-72H2,1-2H3/b7-5-,13-11-,19-17-,24-22-,25-23-,31-29-,34-33-. The van der Waals surface area contributed by atoms with E-state index in [1.807, 2.05) is 0 Å². The number of allylic oxidation sites excluding steroid dienone is 14. The van der Waals surface area contributed by atoms with Gasteiger partial charge in [0, 0.05) is 12.8 Å². The summed E-state index contributed by atoms with van der Waals surface area (Å²) in [4.78, 5) is 24.7. The molecule has 0 saturated carbocycles. The first-order chi connectivity index (χ1) is 39.6. The highest BCUT2D eigenvalue weighted by Gasteiger charge is 2.16. The second-order valence-corrected chi connectivity index (χ2v) is 23.6. The molecular formula is C75H134O5. The van der Waals surface area contributed by atoms with Gasteiger partial charge in [0.2, 0.25) is 0 Å². The second kappa shape index (κ2) is 70.3. The lowest BCUT2D eigenvalue weighted by atomic mass is 10.0. The molecule has 0 aliphatic heterocycles. The molecule has 0 aromatic heterocycles. The van der Waals surface area contributed by atoms with E-state index in [0.29, 0.717) is 12.8 Å². The van der Waals surface area contributed by atoms with Crippen LogP contribution in [0, 0.1) is 0 Å². The molecule has 0 aromatic carbocycles. The summed E-state index contributed by atoms with van der Waals surface area (Å²) < 4.78 is 10.8. The van der Waals surface area contributed by atoms with Crippen LogP contribution >= 0.6 is 0 Å². The van der Waals surface area contributed by atoms with Crippen LogP contribution in [0.3, 0.4) is 0 Å². The van der Waals surface area contributed by atoms with Crippen molar-refractivity contribution in [1.29, 1.82) is 0 Å². The number of rotatable bonds is 65. The van der Waals surface area contributed by atoms with E-state index in [0.717, 1.165) is 77.0 Å². The van der Waals surface area contributed by atoms with Gasteiger partial charge in [-0.2, -0.15) is 0 Å². The van der Waals surface area contributed by atoms with Gasteiger partial charge in [0.05, 0.1) is 6.61 Å². The highest BCUT2D eigenvalue weighted by molar-refractivity contribution is 5.70. The highest BCUT2D eigenvalue weighted by Crippen LogP contribution is 2.18. The van der Waals surface area contributed by atoms with Gasteiger partial charge in [-0.3, -0.25) is 9.59 Å². The summed E-state index contributed by atoms with van der Waals surface area (Å²) in [5, 5.41) is 9.70. The normalized spacial score (nSPS) is 12.7. The van der Waals surface area contributed by atoms with E-state index in [-0.39, 0.29) is 25.2 Å². The summed E-state index contributed by atoms with van der Waals surface area (Å²) in [6.45, 7) is 4.07. The van der Waals surface area contributed by atoms with Crippen molar-refractivity contribution in [2.45, 2.75) is 367 Å². The molecule has 1 unspecified atom stereocenters. The molecule has 80 heavy (non-hydrogen) atoms. The lowest BCUT2D eigenvalue weighted by Gasteiger charge is -2.15. The van der Waals surface area contributed by atoms with Gasteiger partial charge in [-0.15, -0.1) is 0 Å². The Bertz CT molecular complexity index is 1450. The largest absolute Gasteiger partial charge is 0.462 e. The second-order valence-electron chi connectivity index (χ2n) is 23.6. The number of hydrogen-bond acceptors (Lipinski definition) is 5. The van der Waals surface area contributed by atoms with Gasteiger partial charge in [0.1, 0.15) is 6.61 Å². The van der Waals surface area contributed by atoms with Crippen LogP contribution in [0.1, 0.15) is 361 Å². The molecule has 0 amide bonds. The summed E-state index contributed by atoms with van der Waals surface area (Å²) in [6.07, 6.45) is 99.0. The van der Waals surface area contributed by atoms with E-state index >= 15 is 0 Å². The number of hydrogen-bond donors (Lipinski definition) is 1. The average molecular weight is 1120 g/mol. The number of unbranched alkanes of at least 4 members (excludes halogenated alkanes) is 43. The van der Waals surface area contributed by atoms with Crippen LogP contribution in [0.25, 0.3) is 0 Å². The fourth-order valence-corrected chi connectivity index (χ4v) is 10.4. The molecule has 1 N–H and O–H groups in total. The smallest absolute Gasteiger partial charge is 0.306 e. The van der Waals surface area contributed by atoms with Crippen molar-refractivity contribution in [1.82, 2.24) is 0 Å². The van der Waals surface area contributed by atoms with Crippen molar-refractivity contribution in [3.63, 3.8) is 0 Å². The number of aliphatic hydroxyl groups is 1. The first-order valence-corrected chi connectivity index (χ1v) is 35.1. The Kier molecular flexibility index (Phi) is 67.8. The van der Waals surface area contributed by atoms with E-state index in [1.165, 1.54) is 257 Å². The molecule has 0 radical (unpaired) electrons. The Hall–Kier alpha value is -2.92. The van der Waals surface area contributed by atoms with E-state index in [2.05, 4.69) is 98.9 Å². The third kappa shape index (κ3) is 67.6. The maximum atomic E-state index is 12.4. The molecule has 5 heteroatoms. The molecule has 5 nitrogen and oxygen atoms in total. The van der Waals surface area contributed by atoms with Crippen LogP contribution in [0.4, 0.5) is 0 Å². The van der Waals surface area contributed by atoms with Crippen LogP contribution in [0.15, 0.2) is 85.1 Å². The molecule has 1 atom stereocenters. The van der Waals surface area contributed by atoms with Crippen molar-refractivity contribution >= 4 is 11.9 Å². The van der Waals surface area contributed by atoms with Crippen LogP contribution in [0.2, 0.25) is 0 Å². The molecule has 0 bridgehead atoms. The van der Waals surface area contributed by atoms with Gasteiger partial charge < -0.3 is 14.6 Å². The van der Waals surface area contributed by atoms with Crippen molar-refractivity contribution in [3.8, 4) is 0 Å². The van der Waals surface area contributed by atoms with E-state index in [4.69, 9.17) is 9.47 Å². The quantitative estimate of drug-likeness (QED) is 0.0373. The molecule has 0 fully saturated rings. The van der Waals surface area contributed by atoms with Crippen molar-refractivity contribution < 1.29 is 24.2 Å². The molecule has 0 heterocycles. The topological polar surface area (TPSA) is 72.8 Å². The Balaban J connectivity index is 3.42. The van der Waals surface area contributed by atoms with Gasteiger partial charge in [0.25, 0.3) is 0 Å². The van der Waals surface area contributed by atoms with Gasteiger partial charge in [-0.25, -0.2) is 0 Å². The number of carbonyl (C=O) groups excluding carboxylic acids is 2. The zero-order chi connectivity index (χ0) is 57.6. The Morgan fingerprint density at radius 1 is 0.300 bits per heavy atom. The first-order valence-electron chi connectivity index (χ1n) is 35.1. The summed E-state index contributed by atoms with van der Waals surface area (Å²) in [5.41, 5.74) is 0. The molecule has 0 spiro atoms. The maximum absolute atomic E-state index is 12.4. The summed E-state index contributed by atoms with van der Waals surface area (Å²) in [6, 6.07) is 0. The first kappa shape index (κ1) is 77.1. The third-order valence-electron chi connectivity index (χ3n) is 15.7. The fourth-order valence-electron chi connectivity index (χ4n) is 10.4. The number of ether oxygens (including phenoxy) is 2. The van der Waals surface area contributed by atoms with E-state index < -0.39 is 6.10 Å². The predicted octanol–water partition coefficient (Wildman–Crippen LogP) is 24.4. The molecule has 0 aliphatic carbocycles. The van der Waals surface area contributed by atoms with Gasteiger partial charge >= 0.3 is 11.9 Å². The monoisotopic (exact) mass is 1120 g/mol. The van der Waals surface area contributed by atoms with E-state index in [9.17, 15) is 14.7 Å². The van der Waals surface area contributed by atoms with Gasteiger partial charge in [0.15, 0.2) is 6.10 Å². The summed E-state index contributed by atoms with van der Waals surface area (Å²) in [7, 11) is 0. The maximum Gasteiger partial charge on any atom is 0.306 e. The summed E-state index contributed by atoms with van der Waals surface area (Å²) in [5.74, 6) is -0.572. The lowest BCUT2D eigenvalue weighted by molar-refractivity contribution is -0.161. The molecule has 464 valence electrons. The van der Waals surface area contributed by atoms with Crippen LogP contribution in [-0.4, -0.2) is 36.4 Å². The zero-order valence-corrected chi connectivity index (χ0v) is 53.3. The number of carbonyl (C=O) groups is 2. The molecule has 0 rings (SSSR count). The minimum absolute atomic E-state index is 0.0626. The number of esters is 2. The van der Waals surface area contributed by atoms with Crippen molar-refractivity contribution in [3.05, 3.63) is 85.1 Å². The van der Waals surface area contributed by atoms with Crippen LogP contribution < -0.4 is 0 Å². The Morgan fingerprint density at radius 3 is 0.825 bits per heavy atom. The fraction of sp³-hybridized carbons (Fsp3) is 0.787. The van der Waals surface area contributed by atoms with Gasteiger partial charge in [-0.1, -0.05) is 343 Å². The van der Waals surface area contributed by atoms with Crippen molar-refractivity contribution in [2.24, 2.45) is 0 Å². The minimum Gasteiger partial charge on any atom is -0.462 e. The van der Waals surface area contributed by atoms with Crippen molar-refractivity contribution in [2.75, 3.05) is 13.2 Å². The average Bonchev–Trinajstić information content (AvgIpc) is 3.46. The van der Waals surface area contributed by atoms with E-state index in [1.54, 1.807) is 0 Å². The zero-order valence-electron chi connectivity index (χ0n) is 53.3. The Morgan fingerprint density at radius 2 is 0.537 bits per heavy atom. The Labute approximate surface area is 498 Å². The highest BCUT2D eigenvalue weighted by atomic mass is 16.6. The predicted molar refractivity (Wildman–Crippen MR) is 353 cm³/mol. The molecule has 0 saturated heterocycles. The molecular weight excluding hydrogens is 981 g/mol. The van der Waals surface area contributed by atoms with Gasteiger partial charge in [-0.05, 0) is 89.9 Å². The minimum atomic E-state index is -0.773. The van der Waals surface area contributed by atoms with Crippen LogP contribution in [0.5, 0.6) is 0 Å². The lowest BCUT2D eigenvalue weighted by Crippen LogP contribution is -2.28. The third-order valence-corrected chi connectivity index (χ3v) is 15.7. The summed E-state index contributed by atoms with van der Waals surface area (Å²) >= 11 is 0.